The van der Waals surface area contributed by atoms with Crippen LogP contribution in [0.4, 0.5) is 5.69 Å². The summed E-state index contributed by atoms with van der Waals surface area (Å²) in [7, 11) is -2.46. The fourth-order valence-electron chi connectivity index (χ4n) is 1.32. The molecule has 106 valence electrons. The molecule has 0 bridgehead atoms. The molecule has 0 amide bonds. The predicted molar refractivity (Wildman–Crippen MR) is 73.2 cm³/mol. The lowest BCUT2D eigenvalue weighted by molar-refractivity contribution is 0.0602. The average Bonchev–Trinajstić information content (AvgIpc) is 2.36. The Morgan fingerprint density at radius 3 is 2.53 bits per heavy atom. The molecule has 7 heteroatoms. The van der Waals surface area contributed by atoms with Gasteiger partial charge in [-0.2, -0.15) is 13.1 Å². The monoisotopic (exact) mass is 286 g/mol. The van der Waals surface area contributed by atoms with Crippen molar-refractivity contribution in [3.8, 4) is 0 Å². The van der Waals surface area contributed by atoms with Crippen LogP contribution in [0.25, 0.3) is 0 Å². The van der Waals surface area contributed by atoms with E-state index < -0.39 is 16.2 Å². The highest BCUT2D eigenvalue weighted by Gasteiger charge is 2.16. The predicted octanol–water partition coefficient (Wildman–Crippen LogP) is 1.38. The Bertz CT molecular complexity index is 540. The lowest BCUT2D eigenvalue weighted by Gasteiger charge is -2.13. The highest BCUT2D eigenvalue weighted by molar-refractivity contribution is 7.90. The van der Waals surface area contributed by atoms with Crippen molar-refractivity contribution in [2.24, 2.45) is 5.92 Å². The summed E-state index contributed by atoms with van der Waals surface area (Å²) in [6.45, 7) is 4.10. The number of esters is 1. The van der Waals surface area contributed by atoms with Gasteiger partial charge in [-0.15, -0.1) is 0 Å². The zero-order valence-corrected chi connectivity index (χ0v) is 12.0. The summed E-state index contributed by atoms with van der Waals surface area (Å²) in [5.41, 5.74) is 0.352. The van der Waals surface area contributed by atoms with E-state index in [0.29, 0.717) is 6.54 Å². The van der Waals surface area contributed by atoms with Crippen molar-refractivity contribution in [1.82, 2.24) is 4.72 Å². The quantitative estimate of drug-likeness (QED) is 0.774. The van der Waals surface area contributed by atoms with Crippen molar-refractivity contribution in [2.45, 2.75) is 13.8 Å². The maximum absolute atomic E-state index is 11.8. The van der Waals surface area contributed by atoms with Crippen molar-refractivity contribution < 1.29 is 17.9 Å². The summed E-state index contributed by atoms with van der Waals surface area (Å²) < 4.78 is 32.9. The summed E-state index contributed by atoms with van der Waals surface area (Å²) in [4.78, 5) is 11.5. The van der Waals surface area contributed by atoms with E-state index in [1.165, 1.54) is 19.2 Å². The summed E-state index contributed by atoms with van der Waals surface area (Å²) in [6, 6.07) is 6.26. The molecule has 0 heterocycles. The van der Waals surface area contributed by atoms with Crippen molar-refractivity contribution in [2.75, 3.05) is 18.4 Å². The van der Waals surface area contributed by atoms with E-state index in [-0.39, 0.29) is 17.2 Å². The standard InChI is InChI=1S/C12H18N2O4S/c1-9(2)8-13-19(16,17)14-11-7-5-4-6-10(11)12(15)18-3/h4-7,9,13-14H,8H2,1-3H3. The van der Waals surface area contributed by atoms with E-state index >= 15 is 0 Å². The molecule has 0 fully saturated rings. The van der Waals surface area contributed by atoms with E-state index in [9.17, 15) is 13.2 Å². The van der Waals surface area contributed by atoms with Gasteiger partial charge in [-0.1, -0.05) is 26.0 Å². The van der Waals surface area contributed by atoms with Crippen LogP contribution in [0, 0.1) is 5.92 Å². The van der Waals surface area contributed by atoms with Crippen LogP contribution in [0.3, 0.4) is 0 Å². The Hall–Kier alpha value is -1.60. The van der Waals surface area contributed by atoms with Gasteiger partial charge < -0.3 is 4.74 Å². The minimum absolute atomic E-state index is 0.167. The smallest absolute Gasteiger partial charge is 0.339 e. The van der Waals surface area contributed by atoms with Gasteiger partial charge in [0.1, 0.15) is 0 Å². The fraction of sp³-hybridized carbons (Fsp3) is 0.417. The van der Waals surface area contributed by atoms with Crippen LogP contribution in [0.2, 0.25) is 0 Å². The summed E-state index contributed by atoms with van der Waals surface area (Å²) >= 11 is 0. The fourth-order valence-corrected chi connectivity index (χ4v) is 2.41. The maximum atomic E-state index is 11.8. The van der Waals surface area contributed by atoms with Crippen molar-refractivity contribution in [3.05, 3.63) is 29.8 Å². The number of anilines is 1. The van der Waals surface area contributed by atoms with Gasteiger partial charge in [-0.3, -0.25) is 4.72 Å². The highest BCUT2D eigenvalue weighted by Crippen LogP contribution is 2.17. The molecule has 6 nitrogen and oxygen atoms in total. The number of carbonyl (C=O) groups excluding carboxylic acids is 1. The zero-order valence-electron chi connectivity index (χ0n) is 11.1. The number of nitrogens with one attached hydrogen (secondary N) is 2. The third-order valence-corrected chi connectivity index (χ3v) is 3.29. The average molecular weight is 286 g/mol. The minimum atomic E-state index is -3.70. The first kappa shape index (κ1) is 15.5. The largest absolute Gasteiger partial charge is 0.465 e. The van der Waals surface area contributed by atoms with E-state index in [0.717, 1.165) is 0 Å². The topological polar surface area (TPSA) is 84.5 Å². The second kappa shape index (κ2) is 6.53. The van der Waals surface area contributed by atoms with Crippen LogP contribution in [0.1, 0.15) is 24.2 Å². The molecule has 0 saturated carbocycles. The molecule has 0 radical (unpaired) electrons. The Morgan fingerprint density at radius 2 is 1.95 bits per heavy atom. The second-order valence-electron chi connectivity index (χ2n) is 4.38. The molecule has 0 saturated heterocycles. The molecule has 0 aliphatic carbocycles. The summed E-state index contributed by atoms with van der Waals surface area (Å²) in [6.07, 6.45) is 0. The molecule has 0 unspecified atom stereocenters. The molecular weight excluding hydrogens is 268 g/mol. The summed E-state index contributed by atoms with van der Waals surface area (Å²) in [5, 5.41) is 0. The third kappa shape index (κ3) is 4.88. The number of para-hydroxylation sites is 1. The normalized spacial score (nSPS) is 11.4. The number of hydrogen-bond donors (Lipinski definition) is 2. The SMILES string of the molecule is COC(=O)c1ccccc1NS(=O)(=O)NCC(C)C. The molecule has 19 heavy (non-hydrogen) atoms. The van der Waals surface area contributed by atoms with Gasteiger partial charge in [0.15, 0.2) is 0 Å². The Kier molecular flexibility index (Phi) is 5.31. The first-order valence-electron chi connectivity index (χ1n) is 5.80. The lowest BCUT2D eigenvalue weighted by Crippen LogP contribution is -2.33. The van der Waals surface area contributed by atoms with Gasteiger partial charge in [0, 0.05) is 6.54 Å². The van der Waals surface area contributed by atoms with E-state index in [1.807, 2.05) is 13.8 Å². The molecule has 0 aliphatic rings. The van der Waals surface area contributed by atoms with Crippen LogP contribution in [0.5, 0.6) is 0 Å². The third-order valence-electron chi connectivity index (χ3n) is 2.26. The first-order valence-corrected chi connectivity index (χ1v) is 7.29. The zero-order chi connectivity index (χ0) is 14.5. The van der Waals surface area contributed by atoms with E-state index in [4.69, 9.17) is 0 Å². The molecule has 0 aliphatic heterocycles. The maximum Gasteiger partial charge on any atom is 0.339 e. The van der Waals surface area contributed by atoms with Crippen molar-refractivity contribution in [3.63, 3.8) is 0 Å². The number of rotatable bonds is 6. The van der Waals surface area contributed by atoms with E-state index in [2.05, 4.69) is 14.2 Å². The van der Waals surface area contributed by atoms with Crippen LogP contribution in [-0.4, -0.2) is 28.0 Å². The molecular formula is C12H18N2O4S. The van der Waals surface area contributed by atoms with Gasteiger partial charge in [0.2, 0.25) is 0 Å². The number of ether oxygens (including phenoxy) is 1. The Balaban J connectivity index is 2.90. The Labute approximate surface area is 113 Å². The molecule has 0 spiro atoms. The number of methoxy groups -OCH3 is 1. The minimum Gasteiger partial charge on any atom is -0.465 e. The van der Waals surface area contributed by atoms with Gasteiger partial charge >= 0.3 is 5.97 Å². The van der Waals surface area contributed by atoms with Gasteiger partial charge in [-0.25, -0.2) is 4.79 Å². The van der Waals surface area contributed by atoms with Gasteiger partial charge in [0.05, 0.1) is 18.4 Å². The Morgan fingerprint density at radius 1 is 1.32 bits per heavy atom. The first-order chi connectivity index (χ1) is 8.85. The highest BCUT2D eigenvalue weighted by atomic mass is 32.2. The molecule has 1 aromatic carbocycles. The second-order valence-corrected chi connectivity index (χ2v) is 5.88. The molecule has 0 aromatic heterocycles. The number of hydrogen-bond acceptors (Lipinski definition) is 4. The van der Waals surface area contributed by atoms with Gasteiger partial charge in [0.25, 0.3) is 10.2 Å². The van der Waals surface area contributed by atoms with Crippen LogP contribution in [0.15, 0.2) is 24.3 Å². The van der Waals surface area contributed by atoms with E-state index in [1.54, 1.807) is 12.1 Å². The molecule has 1 rings (SSSR count). The molecule has 2 N–H and O–H groups in total. The van der Waals surface area contributed by atoms with Crippen molar-refractivity contribution >= 4 is 21.9 Å². The van der Waals surface area contributed by atoms with Gasteiger partial charge in [-0.05, 0) is 18.1 Å². The van der Waals surface area contributed by atoms with Crippen molar-refractivity contribution in [1.29, 1.82) is 0 Å². The molecule has 0 atom stereocenters. The molecule has 1 aromatic rings. The lowest BCUT2D eigenvalue weighted by atomic mass is 10.2. The van der Waals surface area contributed by atoms with Crippen LogP contribution >= 0.6 is 0 Å². The summed E-state index contributed by atoms with van der Waals surface area (Å²) in [5.74, 6) is -0.408. The van der Waals surface area contributed by atoms with Crippen LogP contribution in [-0.2, 0) is 14.9 Å². The number of carbonyl (C=O) groups is 1. The van der Waals surface area contributed by atoms with Crippen LogP contribution < -0.4 is 9.44 Å². The number of benzene rings is 1.